The predicted molar refractivity (Wildman–Crippen MR) is 97.6 cm³/mol. The molecular weight excluding hydrogens is 366 g/mol. The van der Waals surface area contributed by atoms with Crippen molar-refractivity contribution < 1.29 is 19.1 Å². The molecule has 2 aliphatic heterocycles. The Balaban J connectivity index is 1.45. The van der Waals surface area contributed by atoms with Gasteiger partial charge in [-0.05, 0) is 37.8 Å². The standard InChI is InChI=1S/C19H19N3O4S/c1-18(11-20,12-6-7-12)21-15(23)10-26-17(25)19-9-8-16(24)22(19)13-4-2-3-5-14(13)27-19/h2-5,12H,6-10H2,1H3,(H,21,23)/t18-,19+/m1/s1. The zero-order chi connectivity index (χ0) is 19.2. The zero-order valence-corrected chi connectivity index (χ0v) is 15.7. The lowest BCUT2D eigenvalue weighted by molar-refractivity contribution is -0.151. The molecule has 2 fully saturated rings. The van der Waals surface area contributed by atoms with Crippen molar-refractivity contribution in [2.45, 2.75) is 47.9 Å². The lowest BCUT2D eigenvalue weighted by Gasteiger charge is -2.29. The third-order valence-electron chi connectivity index (χ3n) is 5.35. The number of para-hydroxylation sites is 1. The van der Waals surface area contributed by atoms with E-state index in [9.17, 15) is 19.6 Å². The van der Waals surface area contributed by atoms with Crippen LogP contribution in [0.2, 0.25) is 0 Å². The molecule has 1 N–H and O–H groups in total. The van der Waals surface area contributed by atoms with Crippen LogP contribution < -0.4 is 10.2 Å². The molecule has 1 aromatic carbocycles. The minimum absolute atomic E-state index is 0.125. The fourth-order valence-electron chi connectivity index (χ4n) is 3.72. The molecular formula is C19H19N3O4S. The molecule has 1 saturated heterocycles. The highest BCUT2D eigenvalue weighted by Crippen LogP contribution is 2.56. The van der Waals surface area contributed by atoms with Gasteiger partial charge in [-0.2, -0.15) is 5.26 Å². The summed E-state index contributed by atoms with van der Waals surface area (Å²) in [7, 11) is 0. The molecule has 0 radical (unpaired) electrons. The maximum absolute atomic E-state index is 12.9. The number of benzene rings is 1. The van der Waals surface area contributed by atoms with Crippen molar-refractivity contribution in [1.82, 2.24) is 5.32 Å². The second-order valence-corrected chi connectivity index (χ2v) is 8.62. The largest absolute Gasteiger partial charge is 0.453 e. The summed E-state index contributed by atoms with van der Waals surface area (Å²) in [5.41, 5.74) is -0.229. The lowest BCUT2D eigenvalue weighted by Crippen LogP contribution is -2.51. The highest BCUT2D eigenvalue weighted by molar-refractivity contribution is 8.02. The van der Waals surface area contributed by atoms with Crippen LogP contribution in [0.4, 0.5) is 5.69 Å². The number of hydrogen-bond acceptors (Lipinski definition) is 6. The predicted octanol–water partition coefficient (Wildman–Crippen LogP) is 1.97. The Kier molecular flexibility index (Phi) is 4.15. The number of carbonyl (C=O) groups excluding carboxylic acids is 3. The first kappa shape index (κ1) is 17.9. The second kappa shape index (κ2) is 6.27. The van der Waals surface area contributed by atoms with Crippen LogP contribution in [0.15, 0.2) is 29.2 Å². The van der Waals surface area contributed by atoms with E-state index in [2.05, 4.69) is 11.4 Å². The summed E-state index contributed by atoms with van der Waals surface area (Å²) < 4.78 is 5.29. The van der Waals surface area contributed by atoms with Crippen molar-refractivity contribution in [1.29, 1.82) is 5.26 Å². The summed E-state index contributed by atoms with van der Waals surface area (Å²) in [4.78, 5) is 38.6. The van der Waals surface area contributed by atoms with Crippen molar-refractivity contribution in [3.8, 4) is 6.07 Å². The fraction of sp³-hybridized carbons (Fsp3) is 0.474. The van der Waals surface area contributed by atoms with Crippen molar-refractivity contribution in [2.75, 3.05) is 11.5 Å². The van der Waals surface area contributed by atoms with Gasteiger partial charge in [0.25, 0.3) is 5.91 Å². The monoisotopic (exact) mass is 385 g/mol. The molecule has 4 rings (SSSR count). The van der Waals surface area contributed by atoms with Crippen LogP contribution >= 0.6 is 11.8 Å². The van der Waals surface area contributed by atoms with Gasteiger partial charge in [0, 0.05) is 17.7 Å². The Bertz CT molecular complexity index is 878. The van der Waals surface area contributed by atoms with Gasteiger partial charge < -0.3 is 10.1 Å². The first-order chi connectivity index (χ1) is 12.9. The van der Waals surface area contributed by atoms with Crippen LogP contribution in [0.25, 0.3) is 0 Å². The second-order valence-electron chi connectivity index (χ2n) is 7.30. The molecule has 0 spiro atoms. The molecule has 0 aromatic heterocycles. The molecule has 140 valence electrons. The summed E-state index contributed by atoms with van der Waals surface area (Å²) in [5.74, 6) is -1.09. The fourth-order valence-corrected chi connectivity index (χ4v) is 5.14. The third kappa shape index (κ3) is 2.86. The Labute approximate surface area is 161 Å². The van der Waals surface area contributed by atoms with Crippen LogP contribution in [0.3, 0.4) is 0 Å². The number of anilines is 1. The average Bonchev–Trinajstić information content (AvgIpc) is 3.39. The molecule has 1 saturated carbocycles. The zero-order valence-electron chi connectivity index (χ0n) is 14.9. The van der Waals surface area contributed by atoms with Crippen LogP contribution in [-0.2, 0) is 19.1 Å². The van der Waals surface area contributed by atoms with Crippen molar-refractivity contribution in [2.24, 2.45) is 5.92 Å². The van der Waals surface area contributed by atoms with E-state index < -0.39 is 28.9 Å². The van der Waals surface area contributed by atoms with Gasteiger partial charge in [0.05, 0.1) is 11.8 Å². The first-order valence-corrected chi connectivity index (χ1v) is 9.72. The number of nitrogens with zero attached hydrogens (tertiary/aromatic N) is 2. The van der Waals surface area contributed by atoms with Crippen molar-refractivity contribution in [3.63, 3.8) is 0 Å². The number of hydrogen-bond donors (Lipinski definition) is 1. The summed E-state index contributed by atoms with van der Waals surface area (Å²) in [5, 5.41) is 12.0. The molecule has 2 amide bonds. The van der Waals surface area contributed by atoms with Crippen LogP contribution in [0.5, 0.6) is 0 Å². The summed E-state index contributed by atoms with van der Waals surface area (Å²) >= 11 is 1.30. The van der Waals surface area contributed by atoms with Gasteiger partial charge in [0.1, 0.15) is 5.54 Å². The van der Waals surface area contributed by atoms with Crippen molar-refractivity contribution in [3.05, 3.63) is 24.3 Å². The summed E-state index contributed by atoms with van der Waals surface area (Å²) in [6.07, 6.45) is 2.40. The SMILES string of the molecule is C[C@](C#N)(NC(=O)COC(=O)[C@@]12CCC(=O)N1c1ccccc1S2)C1CC1. The molecule has 3 aliphatic rings. The maximum Gasteiger partial charge on any atom is 0.344 e. The molecule has 7 nitrogen and oxygen atoms in total. The average molecular weight is 385 g/mol. The van der Waals surface area contributed by atoms with E-state index in [0.29, 0.717) is 12.1 Å². The number of nitrogens with one attached hydrogen (secondary N) is 1. The van der Waals surface area contributed by atoms with Crippen LogP contribution in [0.1, 0.15) is 32.6 Å². The van der Waals surface area contributed by atoms with Gasteiger partial charge in [-0.3, -0.25) is 14.5 Å². The number of rotatable bonds is 5. The van der Waals surface area contributed by atoms with E-state index in [1.54, 1.807) is 13.0 Å². The van der Waals surface area contributed by atoms with Crippen LogP contribution in [-0.4, -0.2) is 34.8 Å². The Morgan fingerprint density at radius 3 is 2.89 bits per heavy atom. The first-order valence-electron chi connectivity index (χ1n) is 8.90. The van der Waals surface area contributed by atoms with Gasteiger partial charge in [0.2, 0.25) is 5.91 Å². The van der Waals surface area contributed by atoms with E-state index in [1.165, 1.54) is 16.7 Å². The Hall–Kier alpha value is -2.53. The van der Waals surface area contributed by atoms with Gasteiger partial charge in [0.15, 0.2) is 11.5 Å². The molecule has 1 aromatic rings. The van der Waals surface area contributed by atoms with Gasteiger partial charge in [-0.1, -0.05) is 23.9 Å². The molecule has 2 heterocycles. The summed E-state index contributed by atoms with van der Waals surface area (Å²) in [6, 6.07) is 9.48. The highest BCUT2D eigenvalue weighted by atomic mass is 32.2. The number of amides is 2. The smallest absolute Gasteiger partial charge is 0.344 e. The molecule has 27 heavy (non-hydrogen) atoms. The molecule has 0 bridgehead atoms. The van der Waals surface area contributed by atoms with E-state index in [0.717, 1.165) is 17.7 Å². The topological polar surface area (TPSA) is 99.5 Å². The quantitative estimate of drug-likeness (QED) is 0.778. The molecule has 8 heteroatoms. The number of thioether (sulfide) groups is 1. The third-order valence-corrected chi connectivity index (χ3v) is 6.81. The van der Waals surface area contributed by atoms with E-state index >= 15 is 0 Å². The number of fused-ring (bicyclic) bond motifs is 3. The number of nitriles is 1. The Morgan fingerprint density at radius 2 is 2.19 bits per heavy atom. The van der Waals surface area contributed by atoms with E-state index in [-0.39, 0.29) is 18.2 Å². The van der Waals surface area contributed by atoms with Crippen LogP contribution in [0, 0.1) is 17.2 Å². The highest BCUT2D eigenvalue weighted by Gasteiger charge is 2.58. The van der Waals surface area contributed by atoms with E-state index in [1.807, 2.05) is 18.2 Å². The van der Waals surface area contributed by atoms with Gasteiger partial charge >= 0.3 is 5.97 Å². The lowest BCUT2D eigenvalue weighted by atomic mass is 9.98. The van der Waals surface area contributed by atoms with Gasteiger partial charge in [-0.15, -0.1) is 0 Å². The van der Waals surface area contributed by atoms with Crippen molar-refractivity contribution >= 4 is 35.2 Å². The molecule has 0 unspecified atom stereocenters. The number of ether oxygens (including phenoxy) is 1. The normalized spacial score (nSPS) is 25.2. The summed E-state index contributed by atoms with van der Waals surface area (Å²) in [6.45, 7) is 1.22. The molecule has 1 aliphatic carbocycles. The number of esters is 1. The molecule has 2 atom stereocenters. The maximum atomic E-state index is 12.9. The minimum Gasteiger partial charge on any atom is -0.453 e. The van der Waals surface area contributed by atoms with Gasteiger partial charge in [-0.25, -0.2) is 4.79 Å². The van der Waals surface area contributed by atoms with E-state index in [4.69, 9.17) is 4.74 Å². The minimum atomic E-state index is -1.14. The number of carbonyl (C=O) groups is 3. The Morgan fingerprint density at radius 1 is 1.44 bits per heavy atom.